The monoisotopic (exact) mass is 128 g/mol. The maximum absolute atomic E-state index is 10.7. The highest BCUT2D eigenvalue weighted by Crippen LogP contribution is 2.25. The van der Waals surface area contributed by atoms with Crippen molar-refractivity contribution < 1.29 is 14.3 Å². The van der Waals surface area contributed by atoms with Gasteiger partial charge in [0.05, 0.1) is 6.61 Å². The third-order valence-corrected chi connectivity index (χ3v) is 1.58. The van der Waals surface area contributed by atoms with Gasteiger partial charge in [0.15, 0.2) is 0 Å². The van der Waals surface area contributed by atoms with E-state index in [9.17, 15) is 9.59 Å². The summed E-state index contributed by atoms with van der Waals surface area (Å²) in [5.41, 5.74) is -0.847. The Hall–Kier alpha value is -0.860. The van der Waals surface area contributed by atoms with Gasteiger partial charge >= 0.3 is 5.97 Å². The van der Waals surface area contributed by atoms with Crippen molar-refractivity contribution >= 4 is 12.3 Å². The van der Waals surface area contributed by atoms with E-state index in [4.69, 9.17) is 0 Å². The smallest absolute Gasteiger partial charge is 0.319 e. The van der Waals surface area contributed by atoms with E-state index in [0.717, 1.165) is 0 Å². The number of esters is 1. The van der Waals surface area contributed by atoms with Crippen LogP contribution in [0.4, 0.5) is 0 Å². The molecule has 3 heteroatoms. The fourth-order valence-corrected chi connectivity index (χ4v) is 0.730. The first-order chi connectivity index (χ1) is 4.19. The Morgan fingerprint density at radius 1 is 1.78 bits per heavy atom. The number of ether oxygens (including phenoxy) is 1. The highest BCUT2D eigenvalue weighted by Gasteiger charge is 2.39. The Labute approximate surface area is 53.0 Å². The van der Waals surface area contributed by atoms with Gasteiger partial charge in [-0.3, -0.25) is 4.79 Å². The van der Waals surface area contributed by atoms with Crippen molar-refractivity contribution in [3.63, 3.8) is 0 Å². The van der Waals surface area contributed by atoms with Crippen LogP contribution in [-0.4, -0.2) is 18.9 Å². The minimum atomic E-state index is -0.847. The van der Waals surface area contributed by atoms with Crippen LogP contribution in [0.3, 0.4) is 0 Å². The molecule has 1 aliphatic rings. The number of carbonyl (C=O) groups excluding carboxylic acids is 2. The van der Waals surface area contributed by atoms with Crippen molar-refractivity contribution in [3.05, 3.63) is 0 Å². The molecule has 0 amide bonds. The summed E-state index contributed by atoms with van der Waals surface area (Å²) in [6.45, 7) is 1.98. The second-order valence-corrected chi connectivity index (χ2v) is 2.42. The molecule has 0 aromatic heterocycles. The van der Waals surface area contributed by atoms with Gasteiger partial charge in [0.25, 0.3) is 0 Å². The average molecular weight is 128 g/mol. The lowest BCUT2D eigenvalue weighted by molar-refractivity contribution is -0.147. The zero-order chi connectivity index (χ0) is 6.91. The molecule has 0 saturated carbocycles. The van der Waals surface area contributed by atoms with Crippen molar-refractivity contribution in [2.24, 2.45) is 5.41 Å². The van der Waals surface area contributed by atoms with E-state index in [1.165, 1.54) is 0 Å². The molecule has 0 aromatic carbocycles. The molecule has 3 nitrogen and oxygen atoms in total. The van der Waals surface area contributed by atoms with Crippen LogP contribution in [0.25, 0.3) is 0 Å². The van der Waals surface area contributed by atoms with Gasteiger partial charge in [0.1, 0.15) is 11.7 Å². The van der Waals surface area contributed by atoms with Crippen molar-refractivity contribution in [1.82, 2.24) is 0 Å². The summed E-state index contributed by atoms with van der Waals surface area (Å²) in [5, 5.41) is 0. The highest BCUT2D eigenvalue weighted by molar-refractivity contribution is 5.93. The number of rotatable bonds is 1. The number of cyclic esters (lactones) is 1. The first-order valence-corrected chi connectivity index (χ1v) is 2.82. The largest absolute Gasteiger partial charge is 0.465 e. The number of carbonyl (C=O) groups is 2. The van der Waals surface area contributed by atoms with Gasteiger partial charge in [-0.05, 0) is 6.92 Å². The number of hydrogen-bond acceptors (Lipinski definition) is 3. The SMILES string of the molecule is C[C@@]1(C=O)CCOC1=O. The standard InChI is InChI=1S/C6H8O3/c1-6(4-7)2-3-9-5(6)8/h4H,2-3H2,1H3/t6-/m0/s1. The van der Waals surface area contributed by atoms with Crippen molar-refractivity contribution in [2.45, 2.75) is 13.3 Å². The lowest BCUT2D eigenvalue weighted by atomic mass is 9.92. The summed E-state index contributed by atoms with van der Waals surface area (Å²) in [7, 11) is 0. The van der Waals surface area contributed by atoms with Gasteiger partial charge in [-0.2, -0.15) is 0 Å². The van der Waals surface area contributed by atoms with E-state index in [-0.39, 0.29) is 0 Å². The average Bonchev–Trinajstić information content (AvgIpc) is 2.15. The molecular weight excluding hydrogens is 120 g/mol. The van der Waals surface area contributed by atoms with Crippen LogP contribution in [-0.2, 0) is 14.3 Å². The molecule has 0 unspecified atom stereocenters. The lowest BCUT2D eigenvalue weighted by Crippen LogP contribution is -2.23. The molecule has 1 atom stereocenters. The maximum Gasteiger partial charge on any atom is 0.319 e. The van der Waals surface area contributed by atoms with E-state index in [1.54, 1.807) is 6.92 Å². The molecule has 0 radical (unpaired) electrons. The van der Waals surface area contributed by atoms with Crippen LogP contribution < -0.4 is 0 Å². The molecule has 9 heavy (non-hydrogen) atoms. The van der Waals surface area contributed by atoms with Crippen LogP contribution >= 0.6 is 0 Å². The van der Waals surface area contributed by atoms with Crippen LogP contribution in [0.5, 0.6) is 0 Å². The minimum absolute atomic E-state index is 0.383. The quantitative estimate of drug-likeness (QED) is 0.286. The van der Waals surface area contributed by atoms with Gasteiger partial charge in [0.2, 0.25) is 0 Å². The Morgan fingerprint density at radius 2 is 2.44 bits per heavy atom. The molecule has 1 heterocycles. The van der Waals surface area contributed by atoms with Crippen LogP contribution in [0.1, 0.15) is 13.3 Å². The first-order valence-electron chi connectivity index (χ1n) is 2.82. The van der Waals surface area contributed by atoms with E-state index < -0.39 is 11.4 Å². The van der Waals surface area contributed by atoms with Crippen molar-refractivity contribution in [1.29, 1.82) is 0 Å². The van der Waals surface area contributed by atoms with Crippen molar-refractivity contribution in [3.8, 4) is 0 Å². The third kappa shape index (κ3) is 0.823. The Kier molecular flexibility index (Phi) is 1.27. The van der Waals surface area contributed by atoms with Gasteiger partial charge in [-0.15, -0.1) is 0 Å². The van der Waals surface area contributed by atoms with Crippen molar-refractivity contribution in [2.75, 3.05) is 6.61 Å². The van der Waals surface area contributed by atoms with E-state index in [0.29, 0.717) is 19.3 Å². The summed E-state index contributed by atoms with van der Waals surface area (Å²) >= 11 is 0. The molecule has 50 valence electrons. The topological polar surface area (TPSA) is 43.4 Å². The predicted molar refractivity (Wildman–Crippen MR) is 29.7 cm³/mol. The molecule has 1 rings (SSSR count). The third-order valence-electron chi connectivity index (χ3n) is 1.58. The first kappa shape index (κ1) is 6.26. The fourth-order valence-electron chi connectivity index (χ4n) is 0.730. The predicted octanol–water partition coefficient (Wildman–Crippen LogP) is 0.139. The van der Waals surface area contributed by atoms with E-state index in [1.807, 2.05) is 0 Å². The van der Waals surface area contributed by atoms with Gasteiger partial charge < -0.3 is 9.53 Å². The summed E-state index contributed by atoms with van der Waals surface area (Å²) in [6.07, 6.45) is 1.18. The summed E-state index contributed by atoms with van der Waals surface area (Å²) in [6, 6.07) is 0. The summed E-state index contributed by atoms with van der Waals surface area (Å²) in [5.74, 6) is -0.391. The van der Waals surface area contributed by atoms with Crippen LogP contribution in [0.2, 0.25) is 0 Å². The van der Waals surface area contributed by atoms with Gasteiger partial charge in [0, 0.05) is 6.42 Å². The lowest BCUT2D eigenvalue weighted by Gasteiger charge is -2.06. The fraction of sp³-hybridized carbons (Fsp3) is 0.667. The van der Waals surface area contributed by atoms with Gasteiger partial charge in [-0.1, -0.05) is 0 Å². The maximum atomic E-state index is 10.7. The molecule has 0 N–H and O–H groups in total. The molecular formula is C6H8O3. The molecule has 1 fully saturated rings. The number of hydrogen-bond donors (Lipinski definition) is 0. The second-order valence-electron chi connectivity index (χ2n) is 2.42. The molecule has 0 bridgehead atoms. The normalized spacial score (nSPS) is 34.1. The summed E-state index contributed by atoms with van der Waals surface area (Å²) < 4.78 is 4.59. The minimum Gasteiger partial charge on any atom is -0.465 e. The highest BCUT2D eigenvalue weighted by atomic mass is 16.5. The van der Waals surface area contributed by atoms with E-state index in [2.05, 4.69) is 4.74 Å². The summed E-state index contributed by atoms with van der Waals surface area (Å²) in [4.78, 5) is 20.9. The van der Waals surface area contributed by atoms with E-state index >= 15 is 0 Å². The second kappa shape index (κ2) is 1.83. The molecule has 0 aliphatic carbocycles. The van der Waals surface area contributed by atoms with Gasteiger partial charge in [-0.25, -0.2) is 0 Å². The van der Waals surface area contributed by atoms with Crippen LogP contribution in [0, 0.1) is 5.41 Å². The molecule has 0 aromatic rings. The Morgan fingerprint density at radius 3 is 2.67 bits per heavy atom. The zero-order valence-electron chi connectivity index (χ0n) is 5.22. The Bertz CT molecular complexity index is 152. The van der Waals surface area contributed by atoms with Crippen LogP contribution in [0.15, 0.2) is 0 Å². The number of aldehydes is 1. The zero-order valence-corrected chi connectivity index (χ0v) is 5.22. The molecule has 1 aliphatic heterocycles. The molecule has 0 spiro atoms. The Balaban J connectivity index is 2.78. The molecule has 1 saturated heterocycles.